The lowest BCUT2D eigenvalue weighted by molar-refractivity contribution is -0.114. The zero-order valence-corrected chi connectivity index (χ0v) is 18.4. The summed E-state index contributed by atoms with van der Waals surface area (Å²) in [5, 5.41) is 5.06. The number of ketones is 1. The molecule has 2 aromatic carbocycles. The quantitative estimate of drug-likeness (QED) is 0.425. The van der Waals surface area contributed by atoms with Crippen LogP contribution in [-0.4, -0.2) is 27.8 Å². The summed E-state index contributed by atoms with van der Waals surface area (Å²) < 4.78 is 6.82. The van der Waals surface area contributed by atoms with Crippen molar-refractivity contribution in [1.29, 1.82) is 0 Å². The van der Waals surface area contributed by atoms with Crippen LogP contribution in [0.15, 0.2) is 65.0 Å². The summed E-state index contributed by atoms with van der Waals surface area (Å²) in [6, 6.07) is 14.1. The van der Waals surface area contributed by atoms with Crippen LogP contribution in [0.4, 0.5) is 5.69 Å². The van der Waals surface area contributed by atoms with Crippen LogP contribution >= 0.6 is 11.3 Å². The summed E-state index contributed by atoms with van der Waals surface area (Å²) in [5.74, 6) is 0.357. The normalized spacial score (nSPS) is 10.8. The number of rotatable bonds is 7. The van der Waals surface area contributed by atoms with Crippen molar-refractivity contribution in [1.82, 2.24) is 9.55 Å². The minimum Gasteiger partial charge on any atom is -0.494 e. The van der Waals surface area contributed by atoms with E-state index in [0.29, 0.717) is 28.1 Å². The number of anilines is 1. The van der Waals surface area contributed by atoms with Gasteiger partial charge < -0.3 is 10.1 Å². The smallest absolute Gasteiger partial charge is 0.263 e. The molecule has 8 heteroatoms. The van der Waals surface area contributed by atoms with Gasteiger partial charge in [0.25, 0.3) is 5.56 Å². The molecule has 4 rings (SSSR count). The molecular weight excluding hydrogens is 426 g/mol. The van der Waals surface area contributed by atoms with Crippen molar-refractivity contribution in [2.45, 2.75) is 20.4 Å². The lowest BCUT2D eigenvalue weighted by Crippen LogP contribution is -2.24. The van der Waals surface area contributed by atoms with Gasteiger partial charge in [0.15, 0.2) is 5.78 Å². The van der Waals surface area contributed by atoms with Crippen LogP contribution in [0, 0.1) is 0 Å². The molecule has 0 atom stereocenters. The fraction of sp³-hybridized carbons (Fsp3) is 0.167. The van der Waals surface area contributed by atoms with E-state index in [1.165, 1.54) is 29.2 Å². The van der Waals surface area contributed by atoms with E-state index >= 15 is 0 Å². The summed E-state index contributed by atoms with van der Waals surface area (Å²) in [4.78, 5) is 42.1. The molecule has 0 unspecified atom stereocenters. The van der Waals surface area contributed by atoms with Gasteiger partial charge in [-0.25, -0.2) is 4.98 Å². The molecule has 0 aliphatic heterocycles. The minimum absolute atomic E-state index is 0.125. The van der Waals surface area contributed by atoms with Crippen molar-refractivity contribution in [2.24, 2.45) is 0 Å². The predicted molar refractivity (Wildman–Crippen MR) is 126 cm³/mol. The maximum atomic E-state index is 13.2. The summed E-state index contributed by atoms with van der Waals surface area (Å²) in [7, 11) is 0. The van der Waals surface area contributed by atoms with E-state index < -0.39 is 0 Å². The molecule has 4 aromatic rings. The molecule has 32 heavy (non-hydrogen) atoms. The van der Waals surface area contributed by atoms with E-state index in [9.17, 15) is 14.4 Å². The molecule has 7 nitrogen and oxygen atoms in total. The van der Waals surface area contributed by atoms with E-state index in [0.717, 1.165) is 16.9 Å². The van der Waals surface area contributed by atoms with Gasteiger partial charge in [-0.15, -0.1) is 11.3 Å². The molecule has 162 valence electrons. The summed E-state index contributed by atoms with van der Waals surface area (Å²) in [6.07, 6.45) is 1.41. The number of ether oxygens (including phenoxy) is 1. The summed E-state index contributed by atoms with van der Waals surface area (Å²) in [5.41, 5.74) is 2.46. The highest BCUT2D eigenvalue weighted by molar-refractivity contribution is 7.17. The Morgan fingerprint density at radius 2 is 1.81 bits per heavy atom. The molecule has 0 saturated heterocycles. The summed E-state index contributed by atoms with van der Waals surface area (Å²) >= 11 is 1.39. The first-order valence-electron chi connectivity index (χ1n) is 10.1. The number of aromatic nitrogens is 2. The first kappa shape index (κ1) is 21.5. The Morgan fingerprint density at radius 3 is 2.47 bits per heavy atom. The van der Waals surface area contributed by atoms with Gasteiger partial charge in [-0.3, -0.25) is 19.0 Å². The van der Waals surface area contributed by atoms with Crippen molar-refractivity contribution < 1.29 is 14.3 Å². The van der Waals surface area contributed by atoms with E-state index in [4.69, 9.17) is 4.74 Å². The third kappa shape index (κ3) is 4.45. The Morgan fingerprint density at radius 1 is 1.09 bits per heavy atom. The molecule has 2 aromatic heterocycles. The number of benzene rings is 2. The van der Waals surface area contributed by atoms with Crippen LogP contribution in [0.25, 0.3) is 21.3 Å². The highest BCUT2D eigenvalue weighted by atomic mass is 32.1. The van der Waals surface area contributed by atoms with Gasteiger partial charge in [-0.2, -0.15) is 0 Å². The van der Waals surface area contributed by atoms with Crippen LogP contribution in [0.1, 0.15) is 24.2 Å². The molecule has 0 bridgehead atoms. The molecule has 0 saturated carbocycles. The van der Waals surface area contributed by atoms with Crippen LogP contribution in [0.2, 0.25) is 0 Å². The topological polar surface area (TPSA) is 90.3 Å². The molecule has 0 radical (unpaired) electrons. The molecule has 0 fully saturated rings. The number of fused-ring (bicyclic) bond motifs is 1. The van der Waals surface area contributed by atoms with Gasteiger partial charge >= 0.3 is 0 Å². The Hall–Kier alpha value is -3.78. The Labute approximate surface area is 188 Å². The average molecular weight is 448 g/mol. The number of thiophene rings is 1. The average Bonchev–Trinajstić information content (AvgIpc) is 3.21. The van der Waals surface area contributed by atoms with Crippen molar-refractivity contribution in [2.75, 3.05) is 11.9 Å². The van der Waals surface area contributed by atoms with Crippen molar-refractivity contribution >= 4 is 38.9 Å². The number of amides is 1. The highest BCUT2D eigenvalue weighted by Crippen LogP contribution is 2.31. The van der Waals surface area contributed by atoms with E-state index in [1.807, 2.05) is 36.6 Å². The Kier molecular flexibility index (Phi) is 6.13. The number of carbonyl (C=O) groups excluding carboxylic acids is 2. The molecule has 0 aliphatic rings. The van der Waals surface area contributed by atoms with Crippen molar-refractivity contribution in [3.8, 4) is 16.9 Å². The number of carbonyl (C=O) groups is 2. The van der Waals surface area contributed by atoms with Gasteiger partial charge in [0.05, 0.1) is 24.9 Å². The van der Waals surface area contributed by atoms with Gasteiger partial charge in [0.2, 0.25) is 5.91 Å². The monoisotopic (exact) mass is 447 g/mol. The first-order chi connectivity index (χ1) is 15.5. The lowest BCUT2D eigenvalue weighted by atomic mass is 10.1. The number of nitrogens with zero attached hydrogens (tertiary/aromatic N) is 2. The van der Waals surface area contributed by atoms with Gasteiger partial charge in [-0.1, -0.05) is 12.1 Å². The maximum absolute atomic E-state index is 13.2. The van der Waals surface area contributed by atoms with E-state index in [2.05, 4.69) is 10.3 Å². The fourth-order valence-corrected chi connectivity index (χ4v) is 4.29. The van der Waals surface area contributed by atoms with Crippen molar-refractivity contribution in [3.05, 3.63) is 76.2 Å². The largest absolute Gasteiger partial charge is 0.494 e. The second-order valence-electron chi connectivity index (χ2n) is 7.15. The van der Waals surface area contributed by atoms with Crippen LogP contribution in [0.3, 0.4) is 0 Å². The van der Waals surface area contributed by atoms with Crippen LogP contribution in [-0.2, 0) is 11.3 Å². The van der Waals surface area contributed by atoms with Gasteiger partial charge in [0.1, 0.15) is 10.6 Å². The lowest BCUT2D eigenvalue weighted by Gasteiger charge is -2.08. The number of hydrogen-bond donors (Lipinski definition) is 1. The SMILES string of the molecule is CCOc1ccc(-c2csc3ncn(CC(=O)c4ccc(NC(C)=O)cc4)c(=O)c23)cc1. The number of Topliss-reactive ketones (excluding diaryl/α,β-unsaturated/α-hetero) is 1. The number of hydrogen-bond acceptors (Lipinski definition) is 6. The zero-order valence-electron chi connectivity index (χ0n) is 17.6. The maximum Gasteiger partial charge on any atom is 0.263 e. The third-order valence-electron chi connectivity index (χ3n) is 4.88. The van der Waals surface area contributed by atoms with Crippen LogP contribution < -0.4 is 15.6 Å². The minimum atomic E-state index is -0.261. The standard InChI is InChI=1S/C24H21N3O4S/c1-3-31-19-10-6-16(7-11-19)20-13-32-23-22(20)24(30)27(14-25-23)12-21(29)17-4-8-18(9-5-17)26-15(2)28/h4-11,13-14H,3,12H2,1-2H3,(H,26,28). The van der Waals surface area contributed by atoms with Gasteiger partial charge in [0, 0.05) is 29.1 Å². The van der Waals surface area contributed by atoms with E-state index in [-0.39, 0.29) is 23.8 Å². The van der Waals surface area contributed by atoms with Crippen molar-refractivity contribution in [3.63, 3.8) is 0 Å². The molecule has 1 amide bonds. The summed E-state index contributed by atoms with van der Waals surface area (Å²) in [6.45, 7) is 3.80. The van der Waals surface area contributed by atoms with Gasteiger partial charge in [-0.05, 0) is 48.9 Å². The Balaban J connectivity index is 1.62. The molecule has 2 heterocycles. The first-order valence-corrected chi connectivity index (χ1v) is 10.9. The molecule has 0 aliphatic carbocycles. The fourth-order valence-electron chi connectivity index (χ4n) is 3.38. The van der Waals surface area contributed by atoms with E-state index in [1.54, 1.807) is 24.3 Å². The highest BCUT2D eigenvalue weighted by Gasteiger charge is 2.15. The molecule has 0 spiro atoms. The Bertz CT molecular complexity index is 1340. The number of nitrogens with one attached hydrogen (secondary N) is 1. The molecule has 1 N–H and O–H groups in total. The second-order valence-corrected chi connectivity index (χ2v) is 8.00. The zero-order chi connectivity index (χ0) is 22.7. The van der Waals surface area contributed by atoms with Crippen LogP contribution in [0.5, 0.6) is 5.75 Å². The second kappa shape index (κ2) is 9.15. The molecular formula is C24H21N3O4S. The third-order valence-corrected chi connectivity index (χ3v) is 5.76. The predicted octanol–water partition coefficient (Wildman–Crippen LogP) is 4.37.